The van der Waals surface area contributed by atoms with Crippen molar-refractivity contribution in [1.29, 1.82) is 0 Å². The SMILES string of the molecule is CC[NH+](CC)CC.O=C([O-])C1C2C=CC(C2)C1C(=O)NC1CCCCC1. The summed E-state index contributed by atoms with van der Waals surface area (Å²) in [6.45, 7) is 10.5. The van der Waals surface area contributed by atoms with Crippen LogP contribution in [0.25, 0.3) is 0 Å². The third-order valence-electron chi connectivity index (χ3n) is 6.49. The molecule has 2 fully saturated rings. The molecule has 4 atom stereocenters. The zero-order valence-electron chi connectivity index (χ0n) is 16.6. The lowest BCUT2D eigenvalue weighted by Crippen LogP contribution is -3.11. The monoisotopic (exact) mass is 364 g/mol. The van der Waals surface area contributed by atoms with Crippen LogP contribution in [0.2, 0.25) is 0 Å². The minimum Gasteiger partial charge on any atom is -0.550 e. The topological polar surface area (TPSA) is 73.7 Å². The van der Waals surface area contributed by atoms with Gasteiger partial charge in [-0.25, -0.2) is 0 Å². The molecule has 5 heteroatoms. The van der Waals surface area contributed by atoms with Gasteiger partial charge in [0.25, 0.3) is 0 Å². The Morgan fingerprint density at radius 3 is 1.96 bits per heavy atom. The Balaban J connectivity index is 0.000000298. The van der Waals surface area contributed by atoms with Gasteiger partial charge in [0.2, 0.25) is 5.91 Å². The second-order valence-corrected chi connectivity index (χ2v) is 7.97. The molecule has 0 saturated heterocycles. The fourth-order valence-corrected chi connectivity index (χ4v) is 4.80. The highest BCUT2D eigenvalue weighted by Gasteiger charge is 2.48. The largest absolute Gasteiger partial charge is 0.550 e. The van der Waals surface area contributed by atoms with E-state index in [-0.39, 0.29) is 23.8 Å². The summed E-state index contributed by atoms with van der Waals surface area (Å²) in [5.41, 5.74) is 0. The zero-order valence-corrected chi connectivity index (χ0v) is 16.6. The number of rotatable bonds is 6. The maximum atomic E-state index is 12.4. The molecule has 2 saturated carbocycles. The molecular formula is C21H36N2O3. The van der Waals surface area contributed by atoms with Gasteiger partial charge in [0.05, 0.1) is 25.6 Å². The first-order valence-corrected chi connectivity index (χ1v) is 10.5. The lowest BCUT2D eigenvalue weighted by atomic mass is 9.82. The Hall–Kier alpha value is -1.36. The molecular weight excluding hydrogens is 328 g/mol. The van der Waals surface area contributed by atoms with E-state index in [1.807, 2.05) is 12.2 Å². The number of hydrogen-bond acceptors (Lipinski definition) is 3. The van der Waals surface area contributed by atoms with Gasteiger partial charge in [-0.1, -0.05) is 31.4 Å². The van der Waals surface area contributed by atoms with Gasteiger partial charge in [-0.15, -0.1) is 0 Å². The van der Waals surface area contributed by atoms with Gasteiger partial charge in [0.1, 0.15) is 0 Å². The van der Waals surface area contributed by atoms with E-state index in [9.17, 15) is 14.7 Å². The average Bonchev–Trinajstić information content (AvgIpc) is 3.26. The van der Waals surface area contributed by atoms with Crippen molar-refractivity contribution in [2.45, 2.75) is 65.3 Å². The minimum atomic E-state index is -1.07. The molecule has 4 unspecified atom stereocenters. The third kappa shape index (κ3) is 5.09. The highest BCUT2D eigenvalue weighted by atomic mass is 16.4. The number of allylic oxidation sites excluding steroid dienone is 2. The summed E-state index contributed by atoms with van der Waals surface area (Å²) in [5, 5.41) is 14.3. The van der Waals surface area contributed by atoms with Gasteiger partial charge >= 0.3 is 0 Å². The van der Waals surface area contributed by atoms with E-state index < -0.39 is 17.8 Å². The summed E-state index contributed by atoms with van der Waals surface area (Å²) in [4.78, 5) is 25.3. The van der Waals surface area contributed by atoms with Gasteiger partial charge < -0.3 is 20.1 Å². The number of nitrogens with one attached hydrogen (secondary N) is 2. The van der Waals surface area contributed by atoms with Crippen LogP contribution in [0.15, 0.2) is 12.2 Å². The summed E-state index contributed by atoms with van der Waals surface area (Å²) < 4.78 is 0. The van der Waals surface area contributed by atoms with Gasteiger partial charge in [0.15, 0.2) is 0 Å². The van der Waals surface area contributed by atoms with Crippen molar-refractivity contribution in [3.8, 4) is 0 Å². The van der Waals surface area contributed by atoms with Crippen LogP contribution in [-0.4, -0.2) is 37.6 Å². The third-order valence-corrected chi connectivity index (χ3v) is 6.49. The predicted octanol–water partition coefficient (Wildman–Crippen LogP) is 0.555. The maximum Gasteiger partial charge on any atom is 0.224 e. The molecule has 0 radical (unpaired) electrons. The first-order chi connectivity index (χ1) is 12.5. The normalized spacial score (nSPS) is 30.2. The van der Waals surface area contributed by atoms with Crippen molar-refractivity contribution in [2.24, 2.45) is 23.7 Å². The van der Waals surface area contributed by atoms with Gasteiger partial charge in [-0.05, 0) is 51.9 Å². The number of fused-ring (bicyclic) bond motifs is 2. The van der Waals surface area contributed by atoms with Crippen LogP contribution < -0.4 is 15.3 Å². The Morgan fingerprint density at radius 1 is 0.962 bits per heavy atom. The van der Waals surface area contributed by atoms with Crippen molar-refractivity contribution in [3.05, 3.63) is 12.2 Å². The zero-order chi connectivity index (χ0) is 19.1. The van der Waals surface area contributed by atoms with Crippen LogP contribution in [-0.2, 0) is 9.59 Å². The number of carboxylic acid groups (broad SMARTS) is 1. The number of amides is 1. The minimum absolute atomic E-state index is 0.00268. The van der Waals surface area contributed by atoms with Crippen molar-refractivity contribution in [2.75, 3.05) is 19.6 Å². The molecule has 0 aromatic heterocycles. The molecule has 3 aliphatic carbocycles. The van der Waals surface area contributed by atoms with Crippen molar-refractivity contribution < 1.29 is 19.6 Å². The fraction of sp³-hybridized carbons (Fsp3) is 0.810. The van der Waals surface area contributed by atoms with E-state index in [1.54, 1.807) is 4.90 Å². The van der Waals surface area contributed by atoms with Crippen LogP contribution in [0.5, 0.6) is 0 Å². The van der Waals surface area contributed by atoms with E-state index in [0.717, 1.165) is 32.1 Å². The molecule has 3 rings (SSSR count). The highest BCUT2D eigenvalue weighted by Crippen LogP contribution is 2.47. The molecule has 2 bridgehead atoms. The second-order valence-electron chi connectivity index (χ2n) is 7.97. The molecule has 26 heavy (non-hydrogen) atoms. The molecule has 0 spiro atoms. The van der Waals surface area contributed by atoms with E-state index in [0.29, 0.717) is 0 Å². The molecule has 0 heterocycles. The quantitative estimate of drug-likeness (QED) is 0.676. The highest BCUT2D eigenvalue weighted by molar-refractivity contribution is 5.86. The Morgan fingerprint density at radius 2 is 1.50 bits per heavy atom. The van der Waals surface area contributed by atoms with E-state index in [1.165, 1.54) is 26.1 Å². The van der Waals surface area contributed by atoms with Crippen molar-refractivity contribution >= 4 is 11.9 Å². The fourth-order valence-electron chi connectivity index (χ4n) is 4.80. The molecule has 0 aromatic rings. The number of quaternary nitrogens is 1. The first-order valence-electron chi connectivity index (χ1n) is 10.5. The van der Waals surface area contributed by atoms with Crippen LogP contribution >= 0.6 is 0 Å². The van der Waals surface area contributed by atoms with E-state index >= 15 is 0 Å². The summed E-state index contributed by atoms with van der Waals surface area (Å²) in [6, 6.07) is 0.242. The van der Waals surface area contributed by atoms with Crippen LogP contribution in [0.4, 0.5) is 0 Å². The number of hydrogen-bond donors (Lipinski definition) is 2. The van der Waals surface area contributed by atoms with Gasteiger partial charge in [-0.3, -0.25) is 4.79 Å². The molecule has 0 aliphatic heterocycles. The second kappa shape index (κ2) is 10.1. The first kappa shape index (κ1) is 20.9. The molecule has 5 nitrogen and oxygen atoms in total. The van der Waals surface area contributed by atoms with E-state index in [2.05, 4.69) is 26.1 Å². The number of aliphatic carboxylic acids is 1. The van der Waals surface area contributed by atoms with Crippen molar-refractivity contribution in [1.82, 2.24) is 5.32 Å². The van der Waals surface area contributed by atoms with Crippen LogP contribution in [0.1, 0.15) is 59.3 Å². The van der Waals surface area contributed by atoms with E-state index in [4.69, 9.17) is 0 Å². The summed E-state index contributed by atoms with van der Waals surface area (Å²) in [6.07, 6.45) is 10.4. The molecule has 0 aromatic carbocycles. The van der Waals surface area contributed by atoms with Crippen LogP contribution in [0, 0.1) is 23.7 Å². The Bertz CT molecular complexity index is 490. The number of carbonyl (C=O) groups excluding carboxylic acids is 2. The molecule has 2 N–H and O–H groups in total. The maximum absolute atomic E-state index is 12.4. The molecule has 148 valence electrons. The average molecular weight is 365 g/mol. The van der Waals surface area contributed by atoms with Crippen molar-refractivity contribution in [3.63, 3.8) is 0 Å². The summed E-state index contributed by atoms with van der Waals surface area (Å²) >= 11 is 0. The Labute approximate surface area is 158 Å². The number of carbonyl (C=O) groups is 2. The molecule has 1 amide bonds. The van der Waals surface area contributed by atoms with Gasteiger partial charge in [0, 0.05) is 17.9 Å². The summed E-state index contributed by atoms with van der Waals surface area (Å²) in [5.74, 6) is -2.09. The van der Waals surface area contributed by atoms with Gasteiger partial charge in [-0.2, -0.15) is 0 Å². The lowest BCUT2D eigenvalue weighted by Gasteiger charge is -2.30. The number of carboxylic acids is 1. The van der Waals surface area contributed by atoms with Crippen LogP contribution in [0.3, 0.4) is 0 Å². The standard InChI is InChI=1S/C15H21NO3.C6H15N/c17-14(16-11-4-2-1-3-5-11)12-9-6-7-10(8-9)13(12)15(18)19;1-4-7(5-2)6-3/h6-7,9-13H,1-5,8H2,(H,16,17)(H,18,19);4-6H2,1-3H3. The smallest absolute Gasteiger partial charge is 0.224 e. The lowest BCUT2D eigenvalue weighted by molar-refractivity contribution is -0.894. The molecule has 3 aliphatic rings. The Kier molecular flexibility index (Phi) is 8.14. The summed E-state index contributed by atoms with van der Waals surface area (Å²) in [7, 11) is 0. The predicted molar refractivity (Wildman–Crippen MR) is 100 cm³/mol.